The summed E-state index contributed by atoms with van der Waals surface area (Å²) in [4.78, 5) is 22.2. The van der Waals surface area contributed by atoms with Crippen LogP contribution in [0.3, 0.4) is 0 Å². The van der Waals surface area contributed by atoms with Gasteiger partial charge >= 0.3 is 0 Å². The van der Waals surface area contributed by atoms with Crippen LogP contribution in [-0.2, 0) is 7.05 Å². The molecule has 10 heteroatoms. The van der Waals surface area contributed by atoms with E-state index in [2.05, 4.69) is 20.4 Å². The van der Waals surface area contributed by atoms with Crippen molar-refractivity contribution in [3.63, 3.8) is 0 Å². The second-order valence-corrected chi connectivity index (χ2v) is 6.06. The Bertz CT molecular complexity index is 774. The van der Waals surface area contributed by atoms with Crippen LogP contribution in [-0.4, -0.2) is 56.8 Å². The summed E-state index contributed by atoms with van der Waals surface area (Å²) in [7, 11) is 3.05. The number of ether oxygens (including phenoxy) is 1. The molecule has 0 unspecified atom stereocenters. The van der Waals surface area contributed by atoms with Gasteiger partial charge in [0.1, 0.15) is 17.8 Å². The zero-order valence-electron chi connectivity index (χ0n) is 14.5. The molecule has 1 amide bonds. The number of likely N-dealkylation sites (tertiary alicyclic amines) is 1. The summed E-state index contributed by atoms with van der Waals surface area (Å²) in [5, 5.41) is 6.98. The first-order valence-corrected chi connectivity index (χ1v) is 8.21. The number of carbonyl (C=O) groups excluding carboxylic acids is 1. The fraction of sp³-hybridized carbons (Fsp3) is 0.500. The molecule has 0 aromatic carbocycles. The summed E-state index contributed by atoms with van der Waals surface area (Å²) in [5.74, 6) is 0.704. The van der Waals surface area contributed by atoms with Crippen LogP contribution in [0.4, 0.5) is 14.6 Å². The van der Waals surface area contributed by atoms with Crippen molar-refractivity contribution >= 4 is 11.7 Å². The topological polar surface area (TPSA) is 85.2 Å². The van der Waals surface area contributed by atoms with E-state index in [-0.39, 0.29) is 11.6 Å². The Morgan fingerprint density at radius 1 is 1.35 bits per heavy atom. The number of aryl methyl sites for hydroxylation is 1. The molecule has 0 saturated carbocycles. The minimum atomic E-state index is -2.78. The third kappa shape index (κ3) is 3.89. The van der Waals surface area contributed by atoms with Crippen molar-refractivity contribution in [1.82, 2.24) is 24.6 Å². The lowest BCUT2D eigenvalue weighted by atomic mass is 10.0. The van der Waals surface area contributed by atoms with Crippen LogP contribution < -0.4 is 10.1 Å². The zero-order valence-corrected chi connectivity index (χ0v) is 14.5. The minimum absolute atomic E-state index is 0.0329. The van der Waals surface area contributed by atoms with Crippen LogP contribution in [0.25, 0.3) is 0 Å². The lowest BCUT2D eigenvalue weighted by molar-refractivity contribution is 0.0706. The van der Waals surface area contributed by atoms with E-state index in [1.54, 1.807) is 11.0 Å². The van der Waals surface area contributed by atoms with Gasteiger partial charge in [-0.2, -0.15) is 5.10 Å². The predicted molar refractivity (Wildman–Crippen MR) is 89.3 cm³/mol. The average molecular weight is 366 g/mol. The normalized spacial score (nSPS) is 15.3. The number of amides is 1. The average Bonchev–Trinajstić information content (AvgIpc) is 3.04. The molecule has 0 radical (unpaired) electrons. The molecule has 1 N–H and O–H groups in total. The van der Waals surface area contributed by atoms with Crippen molar-refractivity contribution in [3.05, 3.63) is 29.8 Å². The molecule has 3 rings (SSSR count). The Morgan fingerprint density at radius 3 is 2.73 bits per heavy atom. The highest BCUT2D eigenvalue weighted by Crippen LogP contribution is 2.24. The molecular formula is C16H20F2N6O2. The summed E-state index contributed by atoms with van der Waals surface area (Å²) in [6.07, 6.45) is 1.35. The highest BCUT2D eigenvalue weighted by Gasteiger charge is 2.29. The number of nitrogens with one attached hydrogen (secondary N) is 1. The molecule has 8 nitrogen and oxygen atoms in total. The maximum atomic E-state index is 13.1. The number of hydrogen-bond donors (Lipinski definition) is 1. The third-order valence-corrected chi connectivity index (χ3v) is 4.28. The van der Waals surface area contributed by atoms with Crippen molar-refractivity contribution in [1.29, 1.82) is 0 Å². The zero-order chi connectivity index (χ0) is 18.7. The molecule has 3 heterocycles. The quantitative estimate of drug-likeness (QED) is 0.870. The standard InChI is InChI=1S/C16H20F2N6O2/c1-23-8-11(14(22-23)15(17)18)16(25)24-5-3-10(4-6-24)21-12-7-13(26-2)20-9-19-12/h7-10,15H,3-6H2,1-2H3,(H,19,20,21). The van der Waals surface area contributed by atoms with Gasteiger partial charge < -0.3 is 15.0 Å². The molecule has 1 fully saturated rings. The fourth-order valence-corrected chi connectivity index (χ4v) is 2.97. The molecule has 1 saturated heterocycles. The summed E-state index contributed by atoms with van der Waals surface area (Å²) in [6, 6.07) is 1.82. The number of nitrogens with zero attached hydrogens (tertiary/aromatic N) is 5. The highest BCUT2D eigenvalue weighted by molar-refractivity contribution is 5.95. The van der Waals surface area contributed by atoms with Gasteiger partial charge in [-0.3, -0.25) is 9.48 Å². The van der Waals surface area contributed by atoms with E-state index in [1.165, 1.54) is 31.4 Å². The van der Waals surface area contributed by atoms with Gasteiger partial charge in [0, 0.05) is 38.4 Å². The second kappa shape index (κ2) is 7.63. The van der Waals surface area contributed by atoms with Gasteiger partial charge in [-0.05, 0) is 12.8 Å². The van der Waals surface area contributed by atoms with Crippen LogP contribution in [0.5, 0.6) is 5.88 Å². The largest absolute Gasteiger partial charge is 0.481 e. The van der Waals surface area contributed by atoms with Gasteiger partial charge in [0.2, 0.25) is 5.88 Å². The van der Waals surface area contributed by atoms with Gasteiger partial charge in [-0.1, -0.05) is 0 Å². The van der Waals surface area contributed by atoms with Gasteiger partial charge in [-0.25, -0.2) is 18.7 Å². The van der Waals surface area contributed by atoms with E-state index >= 15 is 0 Å². The lowest BCUT2D eigenvalue weighted by Gasteiger charge is -2.32. The summed E-state index contributed by atoms with van der Waals surface area (Å²) >= 11 is 0. The van der Waals surface area contributed by atoms with Gasteiger partial charge in [-0.15, -0.1) is 0 Å². The molecule has 1 aliphatic rings. The van der Waals surface area contributed by atoms with Gasteiger partial charge in [0.15, 0.2) is 0 Å². The Kier molecular flexibility index (Phi) is 5.29. The third-order valence-electron chi connectivity index (χ3n) is 4.28. The summed E-state index contributed by atoms with van der Waals surface area (Å²) in [6.45, 7) is 0.937. The number of alkyl halides is 2. The van der Waals surface area contributed by atoms with Crippen LogP contribution in [0.15, 0.2) is 18.6 Å². The summed E-state index contributed by atoms with van der Waals surface area (Å²) < 4.78 is 32.4. The van der Waals surface area contributed by atoms with Crippen LogP contribution in [0.1, 0.15) is 35.3 Å². The molecular weight excluding hydrogens is 346 g/mol. The van der Waals surface area contributed by atoms with E-state index in [4.69, 9.17) is 4.74 Å². The van der Waals surface area contributed by atoms with Gasteiger partial charge in [0.05, 0.1) is 12.7 Å². The smallest absolute Gasteiger partial charge is 0.282 e. The number of aromatic nitrogens is 4. The number of rotatable bonds is 5. The van der Waals surface area contributed by atoms with Crippen LogP contribution in [0.2, 0.25) is 0 Å². The Labute approximate surface area is 149 Å². The van der Waals surface area contributed by atoms with E-state index in [0.29, 0.717) is 37.6 Å². The maximum Gasteiger partial charge on any atom is 0.282 e. The first kappa shape index (κ1) is 18.0. The molecule has 140 valence electrons. The molecule has 0 bridgehead atoms. The Hall–Kier alpha value is -2.78. The van der Waals surface area contributed by atoms with Crippen molar-refractivity contribution in [2.75, 3.05) is 25.5 Å². The van der Waals surface area contributed by atoms with E-state index in [1.807, 2.05) is 0 Å². The number of carbonyl (C=O) groups is 1. The molecule has 26 heavy (non-hydrogen) atoms. The van der Waals surface area contributed by atoms with Gasteiger partial charge in [0.25, 0.3) is 12.3 Å². The van der Waals surface area contributed by atoms with E-state index in [9.17, 15) is 13.6 Å². The van der Waals surface area contributed by atoms with Crippen molar-refractivity contribution in [2.24, 2.45) is 7.05 Å². The van der Waals surface area contributed by atoms with Crippen LogP contribution >= 0.6 is 0 Å². The van der Waals surface area contributed by atoms with Crippen LogP contribution in [0, 0.1) is 0 Å². The first-order valence-electron chi connectivity index (χ1n) is 8.21. The molecule has 2 aromatic rings. The lowest BCUT2D eigenvalue weighted by Crippen LogP contribution is -2.42. The van der Waals surface area contributed by atoms with E-state index in [0.717, 1.165) is 0 Å². The Morgan fingerprint density at radius 2 is 2.08 bits per heavy atom. The number of methoxy groups -OCH3 is 1. The maximum absolute atomic E-state index is 13.1. The number of halogens is 2. The molecule has 2 aromatic heterocycles. The number of hydrogen-bond acceptors (Lipinski definition) is 6. The van der Waals surface area contributed by atoms with E-state index < -0.39 is 18.0 Å². The summed E-state index contributed by atoms with van der Waals surface area (Å²) in [5.41, 5.74) is -0.500. The van der Waals surface area contributed by atoms with Crippen molar-refractivity contribution < 1.29 is 18.3 Å². The number of piperidine rings is 1. The predicted octanol–water partition coefficient (Wildman–Crippen LogP) is 1.87. The monoisotopic (exact) mass is 366 g/mol. The highest BCUT2D eigenvalue weighted by atomic mass is 19.3. The molecule has 1 aliphatic heterocycles. The second-order valence-electron chi connectivity index (χ2n) is 6.06. The fourth-order valence-electron chi connectivity index (χ4n) is 2.97. The molecule has 0 aliphatic carbocycles. The first-order chi connectivity index (χ1) is 12.5. The Balaban J connectivity index is 1.60. The van der Waals surface area contributed by atoms with Crippen molar-refractivity contribution in [2.45, 2.75) is 25.3 Å². The molecule has 0 atom stereocenters. The SMILES string of the molecule is COc1cc(NC2CCN(C(=O)c3cn(C)nc3C(F)F)CC2)ncn1. The van der Waals surface area contributed by atoms with Crippen molar-refractivity contribution in [3.8, 4) is 5.88 Å². The minimum Gasteiger partial charge on any atom is -0.481 e. The number of anilines is 1. The molecule has 0 spiro atoms.